The Hall–Kier alpha value is -2.82. The van der Waals surface area contributed by atoms with E-state index in [0.717, 1.165) is 11.3 Å². The summed E-state index contributed by atoms with van der Waals surface area (Å²) in [6, 6.07) is -0.917. The summed E-state index contributed by atoms with van der Waals surface area (Å²) in [6.45, 7) is -0.0249. The lowest BCUT2D eigenvalue weighted by Crippen LogP contribution is -2.71. The number of carboxylic acids is 1. The third kappa shape index (κ3) is 4.64. The average Bonchev–Trinajstić information content (AvgIpc) is 3.41. The number of aromatic nitrogens is 2. The maximum atomic E-state index is 13.0. The molecule has 2 aromatic heterocycles. The lowest BCUT2D eigenvalue weighted by molar-refractivity contribution is -0.150. The summed E-state index contributed by atoms with van der Waals surface area (Å²) in [5, 5.41) is 19.4. The maximum Gasteiger partial charge on any atom is 0.353 e. The first-order valence-electron chi connectivity index (χ1n) is 9.17. The lowest BCUT2D eigenvalue weighted by atomic mass is 10.0. The molecule has 0 radical (unpaired) electrons. The average molecular weight is 528 g/mol. The van der Waals surface area contributed by atoms with Gasteiger partial charge >= 0.3 is 5.97 Å². The van der Waals surface area contributed by atoms with Crippen molar-refractivity contribution >= 4 is 80.0 Å². The Kier molecular flexibility index (Phi) is 6.78. The fourth-order valence-corrected chi connectivity index (χ4v) is 6.45. The minimum atomic E-state index is -1.18. The van der Waals surface area contributed by atoms with Crippen LogP contribution in [0.15, 0.2) is 26.5 Å². The number of β-lactam (4-membered cyclic amide) rings is 1. The highest BCUT2D eigenvalue weighted by atomic mass is 32.2. The van der Waals surface area contributed by atoms with E-state index >= 15 is 0 Å². The SMILES string of the molecule is CSC1=C(C(=O)O)N2C(=O)C(NC(=O)C(=NOCc3csc(N)n3)c3csc(N)n3)[C@@H]2SC1. The smallest absolute Gasteiger partial charge is 0.353 e. The highest BCUT2D eigenvalue weighted by Crippen LogP contribution is 2.42. The molecule has 2 aliphatic rings. The molecule has 4 rings (SSSR count). The molecule has 16 heteroatoms. The number of carbonyl (C=O) groups excluding carboxylic acids is 2. The number of nitrogen functional groups attached to an aromatic ring is 2. The van der Waals surface area contributed by atoms with Crippen molar-refractivity contribution in [1.29, 1.82) is 0 Å². The molecular formula is C17H17N7O5S4. The Balaban J connectivity index is 1.50. The first kappa shape index (κ1) is 23.3. The molecule has 2 amide bonds. The van der Waals surface area contributed by atoms with Crippen LogP contribution < -0.4 is 16.8 Å². The van der Waals surface area contributed by atoms with Gasteiger partial charge in [-0.25, -0.2) is 14.8 Å². The van der Waals surface area contributed by atoms with Gasteiger partial charge < -0.3 is 26.7 Å². The number of aliphatic carboxylic acids is 1. The van der Waals surface area contributed by atoms with E-state index in [4.69, 9.17) is 16.3 Å². The van der Waals surface area contributed by atoms with Crippen molar-refractivity contribution in [2.45, 2.75) is 18.0 Å². The van der Waals surface area contributed by atoms with E-state index in [-0.39, 0.29) is 28.8 Å². The fraction of sp³-hybridized carbons (Fsp3) is 0.294. The van der Waals surface area contributed by atoms with Crippen molar-refractivity contribution in [2.75, 3.05) is 23.5 Å². The number of carbonyl (C=O) groups is 3. The van der Waals surface area contributed by atoms with Gasteiger partial charge in [0.1, 0.15) is 22.8 Å². The number of oxime groups is 1. The van der Waals surface area contributed by atoms with Crippen LogP contribution >= 0.6 is 46.2 Å². The number of thioether (sulfide) groups is 2. The van der Waals surface area contributed by atoms with Crippen LogP contribution in [-0.4, -0.2) is 66.9 Å². The first-order valence-corrected chi connectivity index (χ1v) is 13.2. The number of fused-ring (bicyclic) bond motifs is 1. The molecule has 2 aromatic rings. The van der Waals surface area contributed by atoms with Gasteiger partial charge in [0, 0.05) is 21.4 Å². The van der Waals surface area contributed by atoms with Gasteiger partial charge in [0.15, 0.2) is 22.6 Å². The largest absolute Gasteiger partial charge is 0.477 e. The molecule has 2 aliphatic heterocycles. The number of carboxylic acid groups (broad SMARTS) is 1. The summed E-state index contributed by atoms with van der Waals surface area (Å²) in [6.07, 6.45) is 1.75. The molecule has 0 spiro atoms. The number of thiazole rings is 2. The zero-order valence-electron chi connectivity index (χ0n) is 16.9. The molecule has 33 heavy (non-hydrogen) atoms. The molecule has 0 aliphatic carbocycles. The lowest BCUT2D eigenvalue weighted by Gasteiger charge is -2.49. The number of rotatable bonds is 8. The number of nitrogens with two attached hydrogens (primary N) is 2. The van der Waals surface area contributed by atoms with Crippen LogP contribution in [0.3, 0.4) is 0 Å². The van der Waals surface area contributed by atoms with Crippen LogP contribution in [0.2, 0.25) is 0 Å². The number of anilines is 2. The zero-order valence-corrected chi connectivity index (χ0v) is 20.1. The van der Waals surface area contributed by atoms with Crippen LogP contribution in [0.5, 0.6) is 0 Å². The van der Waals surface area contributed by atoms with Gasteiger partial charge in [-0.3, -0.25) is 14.5 Å². The maximum absolute atomic E-state index is 13.0. The normalized spacial score (nSPS) is 20.3. The molecule has 1 fully saturated rings. The van der Waals surface area contributed by atoms with Gasteiger partial charge in [-0.1, -0.05) is 5.16 Å². The van der Waals surface area contributed by atoms with Gasteiger partial charge in [-0.15, -0.1) is 46.2 Å². The summed E-state index contributed by atoms with van der Waals surface area (Å²) in [5.74, 6) is -1.97. The molecule has 6 N–H and O–H groups in total. The predicted molar refractivity (Wildman–Crippen MR) is 128 cm³/mol. The van der Waals surface area contributed by atoms with Crippen molar-refractivity contribution in [3.63, 3.8) is 0 Å². The topological polar surface area (TPSA) is 186 Å². The van der Waals surface area contributed by atoms with Gasteiger partial charge in [-0.05, 0) is 6.26 Å². The Morgan fingerprint density at radius 2 is 2.06 bits per heavy atom. The van der Waals surface area contributed by atoms with Crippen molar-refractivity contribution in [3.05, 3.63) is 32.8 Å². The summed E-state index contributed by atoms with van der Waals surface area (Å²) in [4.78, 5) is 52.6. The Labute approximate surface area is 203 Å². The van der Waals surface area contributed by atoms with E-state index in [2.05, 4.69) is 20.4 Å². The van der Waals surface area contributed by atoms with Crippen LogP contribution in [-0.2, 0) is 25.8 Å². The van der Waals surface area contributed by atoms with Gasteiger partial charge in [-0.2, -0.15) is 0 Å². The number of amides is 2. The minimum absolute atomic E-state index is 0.0249. The second-order valence-corrected chi connectivity index (χ2v) is 10.4. The molecule has 0 saturated carbocycles. The Morgan fingerprint density at radius 1 is 1.33 bits per heavy atom. The predicted octanol–water partition coefficient (Wildman–Crippen LogP) is 0.744. The molecule has 1 saturated heterocycles. The highest BCUT2D eigenvalue weighted by molar-refractivity contribution is 8.05. The Bertz CT molecular complexity index is 1180. The van der Waals surface area contributed by atoms with Crippen molar-refractivity contribution < 1.29 is 24.3 Å². The third-order valence-corrected chi connectivity index (χ3v) is 8.28. The van der Waals surface area contributed by atoms with Crippen molar-refractivity contribution in [2.24, 2.45) is 5.16 Å². The molecule has 174 valence electrons. The standard InChI is InChI=1S/C17H17N7O5S4/c1-30-8-5-31-14-10(13(26)24(14)11(8)15(27)28)22-12(25)9(7-4-33-17(19)21-7)23-29-2-6-3-32-16(18)20-6/h3-4,10,14H,2,5H2,1H3,(H2,18,20)(H2,19,21)(H,22,25)(H,27,28)/t10?,14-/m0/s1. The summed E-state index contributed by atoms with van der Waals surface area (Å²) in [7, 11) is 0. The van der Waals surface area contributed by atoms with E-state index in [1.807, 2.05) is 0 Å². The monoisotopic (exact) mass is 527 g/mol. The van der Waals surface area contributed by atoms with E-state index < -0.39 is 29.2 Å². The summed E-state index contributed by atoms with van der Waals surface area (Å²) in [5.41, 5.74) is 11.8. The van der Waals surface area contributed by atoms with Crippen LogP contribution in [0.4, 0.5) is 10.3 Å². The number of nitrogens with one attached hydrogen (secondary N) is 1. The highest BCUT2D eigenvalue weighted by Gasteiger charge is 2.54. The minimum Gasteiger partial charge on any atom is -0.477 e. The van der Waals surface area contributed by atoms with Crippen LogP contribution in [0, 0.1) is 0 Å². The molecule has 0 bridgehead atoms. The molecular weight excluding hydrogens is 510 g/mol. The third-order valence-electron chi connectivity index (χ3n) is 4.59. The number of nitrogens with zero attached hydrogens (tertiary/aromatic N) is 4. The van der Waals surface area contributed by atoms with Gasteiger partial charge in [0.25, 0.3) is 11.8 Å². The van der Waals surface area contributed by atoms with Gasteiger partial charge in [0.05, 0.1) is 5.69 Å². The second-order valence-electron chi connectivity index (χ2n) is 6.60. The molecule has 2 atom stereocenters. The first-order chi connectivity index (χ1) is 15.8. The molecule has 4 heterocycles. The van der Waals surface area contributed by atoms with Crippen LogP contribution in [0.1, 0.15) is 11.4 Å². The molecule has 0 aromatic carbocycles. The van der Waals surface area contributed by atoms with E-state index in [1.54, 1.807) is 11.6 Å². The zero-order chi connectivity index (χ0) is 23.7. The van der Waals surface area contributed by atoms with Crippen molar-refractivity contribution in [1.82, 2.24) is 20.2 Å². The summed E-state index contributed by atoms with van der Waals surface area (Å²) < 4.78 is 0. The molecule has 12 nitrogen and oxygen atoms in total. The van der Waals surface area contributed by atoms with Crippen LogP contribution in [0.25, 0.3) is 0 Å². The van der Waals surface area contributed by atoms with E-state index in [1.165, 1.54) is 45.1 Å². The Morgan fingerprint density at radius 3 is 2.67 bits per heavy atom. The second kappa shape index (κ2) is 9.58. The quantitative estimate of drug-likeness (QED) is 0.215. The number of hydrogen-bond acceptors (Lipinski definition) is 13. The summed E-state index contributed by atoms with van der Waals surface area (Å²) >= 11 is 5.02. The molecule has 1 unspecified atom stereocenters. The number of hydrogen-bond donors (Lipinski definition) is 4. The van der Waals surface area contributed by atoms with Gasteiger partial charge in [0.2, 0.25) is 0 Å². The fourth-order valence-electron chi connectivity index (χ4n) is 3.11. The van der Waals surface area contributed by atoms with E-state index in [9.17, 15) is 19.5 Å². The van der Waals surface area contributed by atoms with Crippen molar-refractivity contribution in [3.8, 4) is 0 Å². The van der Waals surface area contributed by atoms with E-state index in [0.29, 0.717) is 21.5 Å².